The lowest BCUT2D eigenvalue weighted by atomic mass is 10.4. The second kappa shape index (κ2) is 4.09. The third kappa shape index (κ3) is 2.21. The van der Waals surface area contributed by atoms with E-state index in [0.717, 1.165) is 19.6 Å². The average Bonchev–Trinajstić information content (AvgIpc) is 2.74. The van der Waals surface area contributed by atoms with E-state index in [1.807, 2.05) is 4.90 Å². The van der Waals surface area contributed by atoms with Gasteiger partial charge in [0.1, 0.15) is 0 Å². The van der Waals surface area contributed by atoms with Gasteiger partial charge >= 0.3 is 0 Å². The van der Waals surface area contributed by atoms with Crippen LogP contribution in [0.4, 0.5) is 0 Å². The monoisotopic (exact) mass is 183 g/mol. The number of carbonyl (C=O) groups is 1. The van der Waals surface area contributed by atoms with E-state index in [4.69, 9.17) is 0 Å². The molecule has 0 aromatic carbocycles. The molecule has 2 aliphatic rings. The molecule has 3 nitrogen and oxygen atoms in total. The number of quaternary nitrogens is 1. The van der Waals surface area contributed by atoms with Gasteiger partial charge in [-0.3, -0.25) is 4.79 Å². The molecule has 0 aliphatic carbocycles. The first kappa shape index (κ1) is 9.00. The van der Waals surface area contributed by atoms with Crippen molar-refractivity contribution in [3.8, 4) is 0 Å². The number of likely N-dealkylation sites (tertiary alicyclic amines) is 2. The fourth-order valence-corrected chi connectivity index (χ4v) is 2.34. The molecule has 1 amide bonds. The molecule has 74 valence electrons. The summed E-state index contributed by atoms with van der Waals surface area (Å²) in [6, 6.07) is 0. The van der Waals surface area contributed by atoms with Crippen LogP contribution in [0, 0.1) is 0 Å². The van der Waals surface area contributed by atoms with E-state index in [0.29, 0.717) is 5.91 Å². The Morgan fingerprint density at radius 3 is 2.31 bits per heavy atom. The molecule has 3 heteroatoms. The summed E-state index contributed by atoms with van der Waals surface area (Å²) >= 11 is 0. The molecule has 0 spiro atoms. The standard InChI is InChI=1S/C10H18N2O/c13-10(12-7-3-4-8-12)9-11-5-1-2-6-11/h1-9H2/p+1. The zero-order valence-electron chi connectivity index (χ0n) is 8.22. The van der Waals surface area contributed by atoms with Gasteiger partial charge in [0.05, 0.1) is 13.1 Å². The Morgan fingerprint density at radius 1 is 1.08 bits per heavy atom. The molecular formula is C10H19N2O+. The third-order valence-electron chi connectivity index (χ3n) is 3.17. The van der Waals surface area contributed by atoms with Gasteiger partial charge in [0.25, 0.3) is 5.91 Å². The first-order valence-corrected chi connectivity index (χ1v) is 5.47. The van der Waals surface area contributed by atoms with E-state index in [1.54, 1.807) is 0 Å². The zero-order chi connectivity index (χ0) is 9.10. The van der Waals surface area contributed by atoms with Crippen LogP contribution in [0.1, 0.15) is 25.7 Å². The van der Waals surface area contributed by atoms with Crippen LogP contribution in [0.2, 0.25) is 0 Å². The van der Waals surface area contributed by atoms with Crippen LogP contribution in [0.5, 0.6) is 0 Å². The average molecular weight is 183 g/mol. The van der Waals surface area contributed by atoms with Crippen LogP contribution in [-0.2, 0) is 4.79 Å². The minimum absolute atomic E-state index is 0.384. The normalized spacial score (nSPS) is 24.2. The summed E-state index contributed by atoms with van der Waals surface area (Å²) in [7, 11) is 0. The van der Waals surface area contributed by atoms with Gasteiger partial charge in [-0.15, -0.1) is 0 Å². The SMILES string of the molecule is O=C(C[NH+]1CCCC1)N1CCCC1. The molecule has 2 saturated heterocycles. The van der Waals surface area contributed by atoms with Gasteiger partial charge in [-0.25, -0.2) is 0 Å². The Hall–Kier alpha value is -0.570. The highest BCUT2D eigenvalue weighted by Gasteiger charge is 2.24. The quantitative estimate of drug-likeness (QED) is 0.601. The molecule has 0 aromatic rings. The van der Waals surface area contributed by atoms with Crippen molar-refractivity contribution in [2.75, 3.05) is 32.7 Å². The summed E-state index contributed by atoms with van der Waals surface area (Å²) in [5.41, 5.74) is 0. The van der Waals surface area contributed by atoms with Gasteiger partial charge in [-0.1, -0.05) is 0 Å². The number of nitrogens with zero attached hydrogens (tertiary/aromatic N) is 1. The van der Waals surface area contributed by atoms with Crippen molar-refractivity contribution in [1.82, 2.24) is 4.90 Å². The molecule has 0 atom stereocenters. The molecule has 0 radical (unpaired) electrons. The van der Waals surface area contributed by atoms with E-state index < -0.39 is 0 Å². The highest BCUT2D eigenvalue weighted by Crippen LogP contribution is 2.06. The summed E-state index contributed by atoms with van der Waals surface area (Å²) in [6.45, 7) is 5.18. The van der Waals surface area contributed by atoms with E-state index in [1.165, 1.54) is 43.7 Å². The minimum atomic E-state index is 0.384. The Balaban J connectivity index is 1.76. The predicted molar refractivity (Wildman–Crippen MR) is 50.6 cm³/mol. The second-order valence-corrected chi connectivity index (χ2v) is 4.22. The highest BCUT2D eigenvalue weighted by atomic mass is 16.2. The zero-order valence-corrected chi connectivity index (χ0v) is 8.22. The van der Waals surface area contributed by atoms with E-state index >= 15 is 0 Å². The fourth-order valence-electron chi connectivity index (χ4n) is 2.34. The van der Waals surface area contributed by atoms with Crippen molar-refractivity contribution in [3.63, 3.8) is 0 Å². The van der Waals surface area contributed by atoms with Gasteiger partial charge in [0.15, 0.2) is 6.54 Å². The molecule has 2 fully saturated rings. The maximum atomic E-state index is 11.7. The number of hydrogen-bond acceptors (Lipinski definition) is 1. The molecule has 2 aliphatic heterocycles. The first-order valence-electron chi connectivity index (χ1n) is 5.47. The largest absolute Gasteiger partial charge is 0.338 e. The van der Waals surface area contributed by atoms with Crippen molar-refractivity contribution in [2.45, 2.75) is 25.7 Å². The first-order chi connectivity index (χ1) is 6.36. The molecular weight excluding hydrogens is 164 g/mol. The Labute approximate surface area is 79.7 Å². The smallest absolute Gasteiger partial charge is 0.277 e. The van der Waals surface area contributed by atoms with Crippen LogP contribution >= 0.6 is 0 Å². The van der Waals surface area contributed by atoms with Gasteiger partial charge in [-0.2, -0.15) is 0 Å². The summed E-state index contributed by atoms with van der Waals surface area (Å²) in [6.07, 6.45) is 5.04. The predicted octanol–water partition coefficient (Wildman–Crippen LogP) is -0.712. The van der Waals surface area contributed by atoms with Crippen LogP contribution in [-0.4, -0.2) is 43.5 Å². The Bertz CT molecular complexity index is 181. The van der Waals surface area contributed by atoms with Gasteiger partial charge in [-0.05, 0) is 12.8 Å². The van der Waals surface area contributed by atoms with Crippen molar-refractivity contribution >= 4 is 5.91 Å². The molecule has 2 rings (SSSR count). The van der Waals surface area contributed by atoms with Crippen LogP contribution in [0.3, 0.4) is 0 Å². The van der Waals surface area contributed by atoms with Crippen LogP contribution in [0.25, 0.3) is 0 Å². The van der Waals surface area contributed by atoms with Gasteiger partial charge < -0.3 is 9.80 Å². The molecule has 0 bridgehead atoms. The Morgan fingerprint density at radius 2 is 1.69 bits per heavy atom. The number of hydrogen-bond donors (Lipinski definition) is 1. The van der Waals surface area contributed by atoms with E-state index in [-0.39, 0.29) is 0 Å². The van der Waals surface area contributed by atoms with E-state index in [2.05, 4.69) is 0 Å². The molecule has 0 aromatic heterocycles. The molecule has 0 unspecified atom stereocenters. The number of rotatable bonds is 2. The second-order valence-electron chi connectivity index (χ2n) is 4.22. The lowest BCUT2D eigenvalue weighted by Gasteiger charge is -2.18. The van der Waals surface area contributed by atoms with Crippen molar-refractivity contribution in [1.29, 1.82) is 0 Å². The minimum Gasteiger partial charge on any atom is -0.338 e. The summed E-state index contributed by atoms with van der Waals surface area (Å²) in [5.74, 6) is 0.384. The maximum Gasteiger partial charge on any atom is 0.277 e. The van der Waals surface area contributed by atoms with Crippen LogP contribution in [0.15, 0.2) is 0 Å². The topological polar surface area (TPSA) is 24.8 Å². The summed E-state index contributed by atoms with van der Waals surface area (Å²) in [5, 5.41) is 0. The van der Waals surface area contributed by atoms with Gasteiger partial charge in [0.2, 0.25) is 0 Å². The van der Waals surface area contributed by atoms with E-state index in [9.17, 15) is 4.79 Å². The number of nitrogens with one attached hydrogen (secondary N) is 1. The lowest BCUT2D eigenvalue weighted by molar-refractivity contribution is -0.879. The van der Waals surface area contributed by atoms with Crippen LogP contribution < -0.4 is 4.90 Å². The highest BCUT2D eigenvalue weighted by molar-refractivity contribution is 5.77. The summed E-state index contributed by atoms with van der Waals surface area (Å²) in [4.78, 5) is 15.2. The molecule has 0 saturated carbocycles. The third-order valence-corrected chi connectivity index (χ3v) is 3.17. The van der Waals surface area contributed by atoms with Crippen molar-refractivity contribution < 1.29 is 9.69 Å². The Kier molecular flexibility index (Phi) is 2.83. The fraction of sp³-hybridized carbons (Fsp3) is 0.900. The lowest BCUT2D eigenvalue weighted by Crippen LogP contribution is -3.11. The molecule has 1 N–H and O–H groups in total. The van der Waals surface area contributed by atoms with Crippen molar-refractivity contribution in [2.24, 2.45) is 0 Å². The molecule has 2 heterocycles. The summed E-state index contributed by atoms with van der Waals surface area (Å²) < 4.78 is 0. The maximum absolute atomic E-state index is 11.7. The molecule has 13 heavy (non-hydrogen) atoms. The number of carbonyl (C=O) groups excluding carboxylic acids is 1. The number of amides is 1. The van der Waals surface area contributed by atoms with Gasteiger partial charge in [0, 0.05) is 25.9 Å². The van der Waals surface area contributed by atoms with Crippen molar-refractivity contribution in [3.05, 3.63) is 0 Å².